The van der Waals surface area contributed by atoms with Crippen LogP contribution in [0.1, 0.15) is 68.2 Å². The van der Waals surface area contributed by atoms with Crippen molar-refractivity contribution in [2.24, 2.45) is 0 Å². The van der Waals surface area contributed by atoms with E-state index >= 15 is 0 Å². The number of rotatable bonds is 19. The van der Waals surface area contributed by atoms with E-state index in [1.54, 1.807) is 0 Å². The topological polar surface area (TPSA) is 49.4 Å². The summed E-state index contributed by atoms with van der Waals surface area (Å²) in [5.41, 5.74) is 0.162. The average Bonchev–Trinajstić information content (AvgIpc) is 2.72. The molecule has 0 heterocycles. The first-order chi connectivity index (χ1) is 14.3. The van der Waals surface area contributed by atoms with Crippen LogP contribution in [0.4, 0.5) is 0 Å². The van der Waals surface area contributed by atoms with Crippen LogP contribution in [0, 0.1) is 0 Å². The van der Waals surface area contributed by atoms with Gasteiger partial charge in [0, 0.05) is 57.4 Å². The second-order valence-corrected chi connectivity index (χ2v) is 8.89. The van der Waals surface area contributed by atoms with Crippen molar-refractivity contribution in [1.29, 1.82) is 0 Å². The van der Waals surface area contributed by atoms with Crippen molar-refractivity contribution < 1.29 is 23.7 Å². The Kier molecular flexibility index (Phi) is 16.6. The summed E-state index contributed by atoms with van der Waals surface area (Å²) in [5, 5.41) is 0. The Balaban J connectivity index is 5.68. The molecule has 30 heavy (non-hydrogen) atoms. The van der Waals surface area contributed by atoms with Crippen LogP contribution >= 0.6 is 18.5 Å². The van der Waals surface area contributed by atoms with Gasteiger partial charge in [0.15, 0.2) is 11.6 Å². The lowest BCUT2D eigenvalue weighted by atomic mass is 10.1. The third-order valence-electron chi connectivity index (χ3n) is 5.45. The van der Waals surface area contributed by atoms with Gasteiger partial charge in [0.2, 0.25) is 0 Å². The summed E-state index contributed by atoms with van der Waals surface area (Å²) in [6.45, 7) is 21.0. The lowest BCUT2D eigenvalue weighted by molar-refractivity contribution is -0.243. The van der Waals surface area contributed by atoms with Crippen LogP contribution in [0.15, 0.2) is 0 Å². The van der Waals surface area contributed by atoms with E-state index in [-0.39, 0.29) is 17.5 Å². The molecule has 8 heteroatoms. The molecule has 0 aromatic carbocycles. The van der Waals surface area contributed by atoms with Gasteiger partial charge in [0.05, 0.1) is 0 Å². The maximum atomic E-state index is 6.13. The van der Waals surface area contributed by atoms with Crippen molar-refractivity contribution in [3.05, 3.63) is 0 Å². The zero-order valence-corrected chi connectivity index (χ0v) is 23.0. The largest absolute Gasteiger partial charge is 0.364 e. The van der Waals surface area contributed by atoms with Crippen molar-refractivity contribution in [3.63, 3.8) is 0 Å². The van der Waals surface area contributed by atoms with E-state index in [1.807, 2.05) is 34.6 Å². The predicted octanol–water partition coefficient (Wildman–Crippen LogP) is 4.52. The normalized spacial score (nSPS) is 16.1. The first kappa shape index (κ1) is 30.6. The molecule has 5 unspecified atom stereocenters. The summed E-state index contributed by atoms with van der Waals surface area (Å²) >= 11 is 0. The number of hydrogen-bond donors (Lipinski definition) is 0. The molecule has 0 radical (unpaired) electrons. The van der Waals surface area contributed by atoms with Gasteiger partial charge < -0.3 is 23.7 Å². The molecule has 0 amide bonds. The van der Waals surface area contributed by atoms with E-state index in [0.717, 1.165) is 25.9 Å². The van der Waals surface area contributed by atoms with Gasteiger partial charge in [0.25, 0.3) is 0 Å². The van der Waals surface area contributed by atoms with Crippen molar-refractivity contribution in [2.45, 2.75) is 97.4 Å². The molecule has 0 aliphatic carbocycles. The van der Waals surface area contributed by atoms with Crippen LogP contribution in [-0.4, -0.2) is 80.1 Å². The van der Waals surface area contributed by atoms with E-state index in [9.17, 15) is 0 Å². The van der Waals surface area contributed by atoms with Crippen LogP contribution in [-0.2, 0) is 23.7 Å². The number of ether oxygens (including phenoxy) is 5. The summed E-state index contributed by atoms with van der Waals surface area (Å²) < 4.78 is 30.5. The minimum Gasteiger partial charge on any atom is -0.364 e. The minimum atomic E-state index is -0.629. The predicted molar refractivity (Wildman–Crippen MR) is 132 cm³/mol. The van der Waals surface area contributed by atoms with Gasteiger partial charge in [-0.15, -0.1) is 18.5 Å². The van der Waals surface area contributed by atoms with E-state index in [4.69, 9.17) is 23.7 Å². The number of hydrogen-bond acceptors (Lipinski definition) is 6. The molecule has 0 saturated heterocycles. The highest BCUT2D eigenvalue weighted by atomic mass is 31.0. The molecule has 0 aromatic heterocycles. The Morgan fingerprint density at radius 1 is 0.633 bits per heavy atom. The molecule has 0 bridgehead atoms. The summed E-state index contributed by atoms with van der Waals surface area (Å²) in [7, 11) is 5.90. The van der Waals surface area contributed by atoms with Crippen molar-refractivity contribution in [2.75, 3.05) is 46.1 Å². The zero-order valence-electron chi connectivity index (χ0n) is 20.7. The molecule has 0 fully saturated rings. The fraction of sp³-hybridized carbons (Fsp3) is 1.00. The first-order valence-electron chi connectivity index (χ1n) is 11.7. The highest BCUT2D eigenvalue weighted by molar-refractivity contribution is 7.18. The lowest BCUT2D eigenvalue weighted by Gasteiger charge is -2.44. The Bertz CT molecular complexity index is 386. The van der Waals surface area contributed by atoms with Gasteiger partial charge >= 0.3 is 0 Å². The lowest BCUT2D eigenvalue weighted by Crippen LogP contribution is -2.55. The second kappa shape index (κ2) is 16.3. The molecule has 5 atom stereocenters. The molecular weight excluding hydrogens is 420 g/mol. The molecule has 182 valence electrons. The highest BCUT2D eigenvalue weighted by Gasteiger charge is 2.41. The Morgan fingerprint density at radius 3 is 1.20 bits per heavy atom. The van der Waals surface area contributed by atoms with E-state index in [0.29, 0.717) is 33.0 Å². The molecule has 0 saturated carbocycles. The van der Waals surface area contributed by atoms with Crippen LogP contribution in [0.2, 0.25) is 0 Å². The average molecular weight is 470 g/mol. The maximum absolute atomic E-state index is 6.13. The van der Waals surface area contributed by atoms with Gasteiger partial charge in [-0.2, -0.15) is 0 Å². The Labute approximate surface area is 190 Å². The molecule has 6 nitrogen and oxygen atoms in total. The van der Waals surface area contributed by atoms with Crippen molar-refractivity contribution >= 4 is 18.5 Å². The van der Waals surface area contributed by atoms with Gasteiger partial charge in [-0.25, -0.2) is 0 Å². The standard InChI is InChI=1S/C22H49NO5P2/c1-9-21(25-12-4,26-13-5)19(29)16-23(18(8)24-11-3)17-20(30)22(10-2,27-14-6)28-15-7/h18-20H,9-17,29-30H2,1-8H3. The molecule has 0 spiro atoms. The van der Waals surface area contributed by atoms with Crippen LogP contribution in [0.25, 0.3) is 0 Å². The quantitative estimate of drug-likeness (QED) is 0.205. The van der Waals surface area contributed by atoms with Crippen LogP contribution in [0.3, 0.4) is 0 Å². The fourth-order valence-corrected chi connectivity index (χ4v) is 5.32. The molecule has 0 N–H and O–H groups in total. The third kappa shape index (κ3) is 8.87. The van der Waals surface area contributed by atoms with Gasteiger partial charge in [-0.05, 0) is 54.4 Å². The van der Waals surface area contributed by atoms with E-state index in [2.05, 4.69) is 44.2 Å². The molecule has 0 aliphatic heterocycles. The van der Waals surface area contributed by atoms with Gasteiger partial charge in [0.1, 0.15) is 6.23 Å². The molecular formula is C22H49NO5P2. The fourth-order valence-electron chi connectivity index (χ4n) is 3.92. The smallest absolute Gasteiger partial charge is 0.175 e. The summed E-state index contributed by atoms with van der Waals surface area (Å²) in [4.78, 5) is 2.34. The maximum Gasteiger partial charge on any atom is 0.175 e. The Hall–Kier alpha value is 0.620. The zero-order chi connectivity index (χ0) is 23.2. The monoisotopic (exact) mass is 469 g/mol. The molecule has 0 aromatic rings. The second-order valence-electron chi connectivity index (χ2n) is 7.28. The minimum absolute atomic E-state index is 0.0447. The van der Waals surface area contributed by atoms with Crippen LogP contribution < -0.4 is 0 Å². The SMILES string of the molecule is CCOC(C)N(CC(P)C(CC)(OCC)OCC)CC(P)C(CC)(OCC)OCC. The van der Waals surface area contributed by atoms with Gasteiger partial charge in [-0.3, -0.25) is 4.90 Å². The summed E-state index contributed by atoms with van der Waals surface area (Å²) in [5.74, 6) is -1.26. The summed E-state index contributed by atoms with van der Waals surface area (Å²) in [6.07, 6.45) is 1.51. The first-order valence-corrected chi connectivity index (χ1v) is 13.0. The van der Waals surface area contributed by atoms with Crippen LogP contribution in [0.5, 0.6) is 0 Å². The number of nitrogens with zero attached hydrogens (tertiary/aromatic N) is 1. The van der Waals surface area contributed by atoms with Crippen molar-refractivity contribution in [1.82, 2.24) is 4.90 Å². The van der Waals surface area contributed by atoms with Crippen molar-refractivity contribution in [3.8, 4) is 0 Å². The summed E-state index contributed by atoms with van der Waals surface area (Å²) in [6, 6.07) is 0. The van der Waals surface area contributed by atoms with E-state index < -0.39 is 11.6 Å². The molecule has 0 aliphatic rings. The third-order valence-corrected chi connectivity index (χ3v) is 6.89. The molecule has 0 rings (SSSR count). The van der Waals surface area contributed by atoms with Gasteiger partial charge in [-0.1, -0.05) is 13.8 Å². The Morgan fingerprint density at radius 2 is 0.967 bits per heavy atom. The highest BCUT2D eigenvalue weighted by Crippen LogP contribution is 2.33. The van der Waals surface area contributed by atoms with E-state index in [1.165, 1.54) is 0 Å².